The van der Waals surface area contributed by atoms with Crippen LogP contribution in [-0.2, 0) is 0 Å². The van der Waals surface area contributed by atoms with Gasteiger partial charge in [0.05, 0.1) is 0 Å². The van der Waals surface area contributed by atoms with Crippen LogP contribution in [0.3, 0.4) is 0 Å². The molecule has 0 N–H and O–H groups in total. The van der Waals surface area contributed by atoms with E-state index in [0.29, 0.717) is 17.9 Å². The first-order valence-corrected chi connectivity index (χ1v) is 5.50. The molecule has 0 atom stereocenters. The maximum Gasteiger partial charge on any atom is 0.164 e. The Balaban J connectivity index is 2.90. The highest BCUT2D eigenvalue weighted by Gasteiger charge is 2.06. The molecule has 0 aromatic heterocycles. The number of rotatable bonds is 3. The first-order valence-electron chi connectivity index (χ1n) is 3.73. The lowest BCUT2D eigenvalue weighted by Gasteiger charge is -2.01. The predicted molar refractivity (Wildman–Crippen MR) is 61.1 cm³/mol. The second kappa shape index (κ2) is 5.03. The van der Waals surface area contributed by atoms with Crippen molar-refractivity contribution in [3.05, 3.63) is 28.2 Å². The minimum Gasteiger partial charge on any atom is -0.294 e. The molecule has 0 unspecified atom stereocenters. The van der Waals surface area contributed by atoms with Crippen molar-refractivity contribution in [2.75, 3.05) is 5.88 Å². The Kier molecular flexibility index (Phi) is 4.29. The number of halogens is 2. The second-order valence-corrected chi connectivity index (χ2v) is 4.24. The van der Waals surface area contributed by atoms with Crippen LogP contribution in [0.15, 0.2) is 27.6 Å². The van der Waals surface area contributed by atoms with Crippen molar-refractivity contribution < 1.29 is 4.79 Å². The number of alkyl halides is 1. The molecule has 0 heterocycles. The van der Waals surface area contributed by atoms with E-state index in [1.807, 2.05) is 6.07 Å². The van der Waals surface area contributed by atoms with Crippen molar-refractivity contribution in [3.8, 4) is 0 Å². The van der Waals surface area contributed by atoms with Crippen LogP contribution in [0.1, 0.15) is 16.8 Å². The summed E-state index contributed by atoms with van der Waals surface area (Å²) in [6.07, 6.45) is 0.371. The van der Waals surface area contributed by atoms with Gasteiger partial charge < -0.3 is 0 Å². The second-order valence-electron chi connectivity index (χ2n) is 2.53. The minimum atomic E-state index is 0.0535. The standard InChI is InChI=1S/C9H8BrClOS/c10-7-2-1-6(5-9(7)13)8(12)3-4-11/h1-2,5,13H,3-4H2. The molecule has 13 heavy (non-hydrogen) atoms. The lowest BCUT2D eigenvalue weighted by Crippen LogP contribution is -1.99. The summed E-state index contributed by atoms with van der Waals surface area (Å²) in [6, 6.07) is 5.31. The molecule has 0 aliphatic heterocycles. The predicted octanol–water partition coefficient (Wildman–Crippen LogP) is 3.55. The summed E-state index contributed by atoms with van der Waals surface area (Å²) in [5, 5.41) is 0. The highest BCUT2D eigenvalue weighted by atomic mass is 79.9. The SMILES string of the molecule is O=C(CCCl)c1ccc(Br)c(S)c1. The molecule has 1 aromatic rings. The van der Waals surface area contributed by atoms with Gasteiger partial charge in [-0.15, -0.1) is 24.2 Å². The molecule has 0 aliphatic carbocycles. The van der Waals surface area contributed by atoms with Gasteiger partial charge in [-0.2, -0.15) is 0 Å². The zero-order chi connectivity index (χ0) is 9.84. The summed E-state index contributed by atoms with van der Waals surface area (Å²) >= 11 is 13.0. The average molecular weight is 280 g/mol. The largest absolute Gasteiger partial charge is 0.294 e. The molecule has 0 bridgehead atoms. The fourth-order valence-electron chi connectivity index (χ4n) is 0.916. The number of Topliss-reactive ketones (excluding diaryl/α,β-unsaturated/α-hetero) is 1. The zero-order valence-electron chi connectivity index (χ0n) is 6.76. The van der Waals surface area contributed by atoms with Crippen molar-refractivity contribution in [3.63, 3.8) is 0 Å². The van der Waals surface area contributed by atoms with Gasteiger partial charge >= 0.3 is 0 Å². The van der Waals surface area contributed by atoms with Gasteiger partial charge in [0.1, 0.15) is 0 Å². The third-order valence-electron chi connectivity index (χ3n) is 1.59. The van der Waals surface area contributed by atoms with Crippen LogP contribution in [0.25, 0.3) is 0 Å². The Morgan fingerprint density at radius 3 is 2.77 bits per heavy atom. The molecule has 1 aromatic carbocycles. The molecule has 70 valence electrons. The van der Waals surface area contributed by atoms with E-state index >= 15 is 0 Å². The van der Waals surface area contributed by atoms with Crippen LogP contribution in [0, 0.1) is 0 Å². The van der Waals surface area contributed by atoms with Gasteiger partial charge in [0, 0.05) is 27.2 Å². The van der Waals surface area contributed by atoms with Crippen molar-refractivity contribution in [1.29, 1.82) is 0 Å². The molecule has 0 saturated heterocycles. The van der Waals surface area contributed by atoms with E-state index in [4.69, 9.17) is 11.6 Å². The van der Waals surface area contributed by atoms with E-state index in [2.05, 4.69) is 28.6 Å². The van der Waals surface area contributed by atoms with Crippen LogP contribution in [0.5, 0.6) is 0 Å². The van der Waals surface area contributed by atoms with Gasteiger partial charge in [0.2, 0.25) is 0 Å². The molecular formula is C9H8BrClOS. The van der Waals surface area contributed by atoms with Gasteiger partial charge in [-0.3, -0.25) is 4.79 Å². The van der Waals surface area contributed by atoms with E-state index in [-0.39, 0.29) is 5.78 Å². The van der Waals surface area contributed by atoms with E-state index in [1.54, 1.807) is 12.1 Å². The lowest BCUT2D eigenvalue weighted by atomic mass is 10.1. The van der Waals surface area contributed by atoms with Crippen molar-refractivity contribution in [1.82, 2.24) is 0 Å². The van der Waals surface area contributed by atoms with Gasteiger partial charge in [-0.1, -0.05) is 6.07 Å². The number of carbonyl (C=O) groups excluding carboxylic acids is 1. The zero-order valence-corrected chi connectivity index (χ0v) is 9.99. The van der Waals surface area contributed by atoms with E-state index in [0.717, 1.165) is 9.37 Å². The Labute approximate surface area is 96.0 Å². The molecule has 1 rings (SSSR count). The molecule has 0 spiro atoms. The van der Waals surface area contributed by atoms with Crippen LogP contribution >= 0.6 is 40.2 Å². The summed E-state index contributed by atoms with van der Waals surface area (Å²) in [5.74, 6) is 0.411. The van der Waals surface area contributed by atoms with Crippen molar-refractivity contribution in [2.45, 2.75) is 11.3 Å². The third kappa shape index (κ3) is 3.01. The fraction of sp³-hybridized carbons (Fsp3) is 0.222. The Morgan fingerprint density at radius 2 is 2.23 bits per heavy atom. The summed E-state index contributed by atoms with van der Waals surface area (Å²) < 4.78 is 0.887. The first-order chi connectivity index (χ1) is 6.15. The number of benzene rings is 1. The van der Waals surface area contributed by atoms with Crippen molar-refractivity contribution >= 4 is 45.9 Å². The molecule has 0 amide bonds. The average Bonchev–Trinajstić information content (AvgIpc) is 2.10. The van der Waals surface area contributed by atoms with Crippen molar-refractivity contribution in [2.24, 2.45) is 0 Å². The molecule has 4 heteroatoms. The summed E-state index contributed by atoms with van der Waals surface area (Å²) in [4.78, 5) is 12.1. The maximum absolute atomic E-state index is 11.4. The monoisotopic (exact) mass is 278 g/mol. The Hall–Kier alpha value is 0.01000. The number of hydrogen-bond acceptors (Lipinski definition) is 2. The van der Waals surface area contributed by atoms with Gasteiger partial charge in [0.25, 0.3) is 0 Å². The van der Waals surface area contributed by atoms with Gasteiger partial charge in [0.15, 0.2) is 5.78 Å². The molecule has 0 fully saturated rings. The normalized spacial score (nSPS) is 10.1. The van der Waals surface area contributed by atoms with Gasteiger partial charge in [-0.05, 0) is 28.1 Å². The van der Waals surface area contributed by atoms with Crippen LogP contribution in [0.2, 0.25) is 0 Å². The van der Waals surface area contributed by atoms with Crippen LogP contribution in [0.4, 0.5) is 0 Å². The molecule has 0 saturated carbocycles. The van der Waals surface area contributed by atoms with E-state index in [1.165, 1.54) is 0 Å². The quantitative estimate of drug-likeness (QED) is 0.509. The fourth-order valence-corrected chi connectivity index (χ4v) is 1.55. The maximum atomic E-state index is 11.4. The number of thiol groups is 1. The van der Waals surface area contributed by atoms with Crippen LogP contribution in [-0.4, -0.2) is 11.7 Å². The molecule has 0 aliphatic rings. The van der Waals surface area contributed by atoms with E-state index in [9.17, 15) is 4.79 Å². The van der Waals surface area contributed by atoms with Crippen LogP contribution < -0.4 is 0 Å². The molecule has 1 nitrogen and oxygen atoms in total. The minimum absolute atomic E-state index is 0.0535. The number of hydrogen-bond donors (Lipinski definition) is 1. The first kappa shape index (κ1) is 11.1. The third-order valence-corrected chi connectivity index (χ3v) is 3.15. The lowest BCUT2D eigenvalue weighted by molar-refractivity contribution is 0.0989. The molecular weight excluding hydrogens is 272 g/mol. The number of carbonyl (C=O) groups is 1. The summed E-state index contributed by atoms with van der Waals surface area (Å²) in [6.45, 7) is 0. The molecule has 0 radical (unpaired) electrons. The van der Waals surface area contributed by atoms with Gasteiger partial charge in [-0.25, -0.2) is 0 Å². The Bertz CT molecular complexity index is 327. The highest BCUT2D eigenvalue weighted by Crippen LogP contribution is 2.22. The summed E-state index contributed by atoms with van der Waals surface area (Å²) in [5.41, 5.74) is 0.661. The smallest absolute Gasteiger partial charge is 0.164 e. The Morgan fingerprint density at radius 1 is 1.54 bits per heavy atom. The highest BCUT2D eigenvalue weighted by molar-refractivity contribution is 9.10. The number of ketones is 1. The summed E-state index contributed by atoms with van der Waals surface area (Å²) in [7, 11) is 0. The topological polar surface area (TPSA) is 17.1 Å². The van der Waals surface area contributed by atoms with E-state index < -0.39 is 0 Å².